The van der Waals surface area contributed by atoms with Crippen molar-refractivity contribution in [3.8, 4) is 0 Å². The van der Waals surface area contributed by atoms with E-state index in [0.29, 0.717) is 23.7 Å². The molecule has 5 aliphatic rings. The SMILES string of the molecule is C[C@]12CC[C@H]3[C@@H](CCC4C[C@@H](OC5O[C@H](C(=O)O)[C@@H](O)[C@H](O)[C@H]5O)CC[C@@]43C)[C@@H]1CC[C@@H]2O. The van der Waals surface area contributed by atoms with Crippen LogP contribution in [0.3, 0.4) is 0 Å². The summed E-state index contributed by atoms with van der Waals surface area (Å²) >= 11 is 0. The molecular formula is C25H40O8. The lowest BCUT2D eigenvalue weighted by Gasteiger charge is -2.61. The number of rotatable bonds is 3. The number of carboxylic acids is 1. The smallest absolute Gasteiger partial charge is 0.335 e. The monoisotopic (exact) mass is 468 g/mol. The van der Waals surface area contributed by atoms with Crippen LogP contribution < -0.4 is 0 Å². The van der Waals surface area contributed by atoms with Gasteiger partial charge in [-0.15, -0.1) is 0 Å². The molecule has 0 amide bonds. The molecule has 8 nitrogen and oxygen atoms in total. The van der Waals surface area contributed by atoms with Gasteiger partial charge < -0.3 is 35.0 Å². The maximum Gasteiger partial charge on any atom is 0.335 e. The number of aliphatic hydroxyl groups is 4. The number of aliphatic carboxylic acids is 1. The number of hydrogen-bond donors (Lipinski definition) is 5. The highest BCUT2D eigenvalue weighted by molar-refractivity contribution is 5.73. The lowest BCUT2D eigenvalue weighted by atomic mass is 9.45. The molecule has 5 fully saturated rings. The first kappa shape index (κ1) is 23.9. The van der Waals surface area contributed by atoms with Gasteiger partial charge in [-0.1, -0.05) is 13.8 Å². The van der Waals surface area contributed by atoms with Crippen LogP contribution in [0.5, 0.6) is 0 Å². The van der Waals surface area contributed by atoms with Crippen LogP contribution in [0.15, 0.2) is 0 Å². The number of hydrogen-bond acceptors (Lipinski definition) is 7. The molecule has 1 heterocycles. The van der Waals surface area contributed by atoms with Crippen LogP contribution >= 0.6 is 0 Å². The van der Waals surface area contributed by atoms with E-state index in [1.807, 2.05) is 0 Å². The van der Waals surface area contributed by atoms with Crippen molar-refractivity contribution >= 4 is 5.97 Å². The van der Waals surface area contributed by atoms with Crippen molar-refractivity contribution < 1.29 is 39.8 Å². The summed E-state index contributed by atoms with van der Waals surface area (Å²) in [6.07, 6.45) is 1.19. The molecule has 0 bridgehead atoms. The highest BCUT2D eigenvalue weighted by Gasteiger charge is 2.60. The summed E-state index contributed by atoms with van der Waals surface area (Å²) in [6.45, 7) is 4.74. The zero-order chi connectivity index (χ0) is 23.7. The zero-order valence-corrected chi connectivity index (χ0v) is 19.7. The van der Waals surface area contributed by atoms with Crippen LogP contribution in [0.2, 0.25) is 0 Å². The molecule has 33 heavy (non-hydrogen) atoms. The Bertz CT molecular complexity index is 761. The van der Waals surface area contributed by atoms with Crippen LogP contribution in [0.4, 0.5) is 0 Å². The van der Waals surface area contributed by atoms with Crippen molar-refractivity contribution in [2.24, 2.45) is 34.5 Å². The second-order valence-corrected chi connectivity index (χ2v) is 12.1. The van der Waals surface area contributed by atoms with E-state index in [4.69, 9.17) is 9.47 Å². The molecule has 5 rings (SSSR count). The summed E-state index contributed by atoms with van der Waals surface area (Å²) in [5, 5.41) is 50.3. The van der Waals surface area contributed by atoms with Crippen molar-refractivity contribution in [2.45, 2.75) is 115 Å². The predicted octanol–water partition coefficient (Wildman–Crippen LogP) is 1.67. The Hall–Kier alpha value is -0.770. The molecule has 2 unspecified atom stereocenters. The summed E-state index contributed by atoms with van der Waals surface area (Å²) in [6, 6.07) is 0. The van der Waals surface area contributed by atoms with E-state index >= 15 is 0 Å². The maximum absolute atomic E-state index is 11.4. The minimum atomic E-state index is -1.70. The summed E-state index contributed by atoms with van der Waals surface area (Å²) in [7, 11) is 0. The van der Waals surface area contributed by atoms with E-state index in [1.165, 1.54) is 12.8 Å². The fourth-order valence-electron chi connectivity index (χ4n) is 8.67. The Morgan fingerprint density at radius 3 is 2.27 bits per heavy atom. The standard InChI is InChI=1S/C25H40O8/c1-24-9-7-13(32-23-20(29)18(27)19(28)21(33-23)22(30)31)11-12(24)3-4-14-15-5-6-17(26)25(15,2)10-8-16(14)24/h12-21,23,26-29H,3-11H2,1-2H3,(H,30,31)/t12?,13-,14-,15-,16-,17-,18-,19-,20+,21-,23?,24-,25-/m0/s1. The van der Waals surface area contributed by atoms with Gasteiger partial charge in [0.15, 0.2) is 12.4 Å². The average molecular weight is 469 g/mol. The molecule has 4 aliphatic carbocycles. The third-order valence-electron chi connectivity index (χ3n) is 10.7. The van der Waals surface area contributed by atoms with Gasteiger partial charge in [0.05, 0.1) is 12.2 Å². The molecular weight excluding hydrogens is 428 g/mol. The Kier molecular flexibility index (Phi) is 6.11. The molecule has 0 aromatic rings. The van der Waals surface area contributed by atoms with E-state index in [9.17, 15) is 30.3 Å². The lowest BCUT2D eigenvalue weighted by molar-refractivity contribution is -0.309. The first-order valence-electron chi connectivity index (χ1n) is 12.8. The summed E-state index contributed by atoms with van der Waals surface area (Å²) in [5.41, 5.74) is 0.300. The van der Waals surface area contributed by atoms with Gasteiger partial charge >= 0.3 is 5.97 Å². The molecule has 0 spiro atoms. The van der Waals surface area contributed by atoms with Crippen LogP contribution in [-0.4, -0.2) is 74.4 Å². The lowest BCUT2D eigenvalue weighted by Crippen LogP contribution is -2.61. The maximum atomic E-state index is 11.4. The molecule has 5 N–H and O–H groups in total. The van der Waals surface area contributed by atoms with Crippen LogP contribution in [0.25, 0.3) is 0 Å². The first-order chi connectivity index (χ1) is 15.6. The van der Waals surface area contributed by atoms with Crippen LogP contribution in [0.1, 0.15) is 71.6 Å². The second-order valence-electron chi connectivity index (χ2n) is 12.1. The third kappa shape index (κ3) is 3.67. The van der Waals surface area contributed by atoms with Gasteiger partial charge in [-0.2, -0.15) is 0 Å². The Morgan fingerprint density at radius 1 is 0.848 bits per heavy atom. The van der Waals surface area contributed by atoms with Gasteiger partial charge in [-0.05, 0) is 92.3 Å². The summed E-state index contributed by atoms with van der Waals surface area (Å²) < 4.78 is 11.4. The molecule has 8 heteroatoms. The molecule has 0 aromatic heterocycles. The predicted molar refractivity (Wildman–Crippen MR) is 117 cm³/mol. The molecule has 13 atom stereocenters. The van der Waals surface area contributed by atoms with Crippen LogP contribution in [-0.2, 0) is 14.3 Å². The largest absolute Gasteiger partial charge is 0.479 e. The third-order valence-corrected chi connectivity index (χ3v) is 10.7. The fourth-order valence-corrected chi connectivity index (χ4v) is 8.67. The molecule has 1 saturated heterocycles. The summed E-state index contributed by atoms with van der Waals surface area (Å²) in [4.78, 5) is 11.4. The van der Waals surface area contributed by atoms with Gasteiger partial charge in [0.1, 0.15) is 18.3 Å². The van der Waals surface area contributed by atoms with Crippen molar-refractivity contribution in [1.29, 1.82) is 0 Å². The minimum Gasteiger partial charge on any atom is -0.479 e. The van der Waals surface area contributed by atoms with Crippen molar-refractivity contribution in [1.82, 2.24) is 0 Å². The van der Waals surface area contributed by atoms with E-state index in [2.05, 4.69) is 13.8 Å². The fraction of sp³-hybridized carbons (Fsp3) is 0.960. The van der Waals surface area contributed by atoms with Gasteiger partial charge in [-0.25, -0.2) is 4.79 Å². The van der Waals surface area contributed by atoms with Gasteiger partial charge in [0.2, 0.25) is 0 Å². The number of aliphatic hydroxyl groups excluding tert-OH is 4. The topological polar surface area (TPSA) is 137 Å². The van der Waals surface area contributed by atoms with Gasteiger partial charge in [-0.3, -0.25) is 0 Å². The normalized spacial score (nSPS) is 56.5. The van der Waals surface area contributed by atoms with E-state index in [0.717, 1.165) is 44.9 Å². The van der Waals surface area contributed by atoms with Crippen molar-refractivity contribution in [2.75, 3.05) is 0 Å². The molecule has 1 aliphatic heterocycles. The van der Waals surface area contributed by atoms with Gasteiger partial charge in [0, 0.05) is 0 Å². The number of carboxylic acid groups (broad SMARTS) is 1. The summed E-state index contributed by atoms with van der Waals surface area (Å²) in [5.74, 6) is 1.05. The number of ether oxygens (including phenoxy) is 2. The average Bonchev–Trinajstić information content (AvgIpc) is 3.08. The Morgan fingerprint density at radius 2 is 1.55 bits per heavy atom. The molecule has 0 aromatic carbocycles. The van der Waals surface area contributed by atoms with Crippen molar-refractivity contribution in [3.05, 3.63) is 0 Å². The van der Waals surface area contributed by atoms with Crippen LogP contribution in [0, 0.1) is 34.5 Å². The number of carbonyl (C=O) groups is 1. The molecule has 188 valence electrons. The molecule has 4 saturated carbocycles. The Labute approximate surface area is 195 Å². The van der Waals surface area contributed by atoms with Crippen molar-refractivity contribution in [3.63, 3.8) is 0 Å². The highest BCUT2D eigenvalue weighted by atomic mass is 16.7. The van der Waals surface area contributed by atoms with E-state index < -0.39 is 36.7 Å². The van der Waals surface area contributed by atoms with E-state index in [1.54, 1.807) is 0 Å². The Balaban J connectivity index is 1.26. The second kappa shape index (κ2) is 8.42. The quantitative estimate of drug-likeness (QED) is 0.395. The first-order valence-corrected chi connectivity index (χ1v) is 12.8. The zero-order valence-electron chi connectivity index (χ0n) is 19.7. The van der Waals surface area contributed by atoms with E-state index in [-0.39, 0.29) is 23.0 Å². The molecule has 0 radical (unpaired) electrons. The van der Waals surface area contributed by atoms with Gasteiger partial charge in [0.25, 0.3) is 0 Å². The highest BCUT2D eigenvalue weighted by Crippen LogP contribution is 2.66. The number of fused-ring (bicyclic) bond motifs is 5. The minimum absolute atomic E-state index is 0.0746.